The maximum absolute atomic E-state index is 12.8. The highest BCUT2D eigenvalue weighted by Gasteiger charge is 2.17. The fourth-order valence-corrected chi connectivity index (χ4v) is 1.98. The van der Waals surface area contributed by atoms with Crippen LogP contribution in [0.4, 0.5) is 10.2 Å². The summed E-state index contributed by atoms with van der Waals surface area (Å²) in [6.07, 6.45) is 1.52. The second-order valence-corrected chi connectivity index (χ2v) is 4.89. The van der Waals surface area contributed by atoms with Crippen LogP contribution in [0.15, 0.2) is 39.1 Å². The highest BCUT2D eigenvalue weighted by molar-refractivity contribution is 5.98. The average molecular weight is 328 g/mol. The molecule has 2 heterocycles. The Hall–Kier alpha value is -3.43. The number of nitrogens with two attached hydrogens (primary N) is 1. The Morgan fingerprint density at radius 2 is 2.04 bits per heavy atom. The Labute approximate surface area is 135 Å². The lowest BCUT2D eigenvalue weighted by Crippen LogP contribution is -2.04. The van der Waals surface area contributed by atoms with Gasteiger partial charge in [0.2, 0.25) is 11.6 Å². The number of hydrogen-bond acceptors (Lipinski definition) is 8. The van der Waals surface area contributed by atoms with E-state index in [0.29, 0.717) is 17.1 Å². The molecule has 0 spiro atoms. The first kappa shape index (κ1) is 15.5. The van der Waals surface area contributed by atoms with E-state index in [0.717, 1.165) is 5.56 Å². The van der Waals surface area contributed by atoms with E-state index in [1.165, 1.54) is 23.0 Å². The Morgan fingerprint density at radius 1 is 1.29 bits per heavy atom. The molecule has 0 radical (unpaired) electrons. The summed E-state index contributed by atoms with van der Waals surface area (Å²) >= 11 is 0. The van der Waals surface area contributed by atoms with Gasteiger partial charge in [-0.15, -0.1) is 5.10 Å². The van der Waals surface area contributed by atoms with E-state index >= 15 is 0 Å². The van der Waals surface area contributed by atoms with Crippen molar-refractivity contribution in [2.45, 2.75) is 13.8 Å². The third-order valence-electron chi connectivity index (χ3n) is 3.22. The maximum Gasteiger partial charge on any atom is 0.243 e. The van der Waals surface area contributed by atoms with E-state index in [1.54, 1.807) is 26.0 Å². The summed E-state index contributed by atoms with van der Waals surface area (Å²) < 4.78 is 18.8. The topological polar surface area (TPSA) is 120 Å². The van der Waals surface area contributed by atoms with Crippen LogP contribution in [0, 0.1) is 12.7 Å². The highest BCUT2D eigenvalue weighted by Crippen LogP contribution is 2.15. The van der Waals surface area contributed by atoms with Gasteiger partial charge in [-0.25, -0.2) is 9.02 Å². The third kappa shape index (κ3) is 3.02. The zero-order chi connectivity index (χ0) is 17.1. The molecule has 0 amide bonds. The monoisotopic (exact) mass is 328 g/mol. The van der Waals surface area contributed by atoms with Crippen molar-refractivity contribution in [1.29, 1.82) is 0 Å². The molecular weight excluding hydrogens is 315 g/mol. The van der Waals surface area contributed by atoms with Gasteiger partial charge < -0.3 is 5.73 Å². The molecule has 1 aromatic carbocycles. The Bertz CT molecular complexity index is 909. The first-order chi connectivity index (χ1) is 11.6. The standard InChI is InChI=1S/C14H13FN8O/c1-8(18-17-7-10-3-5-11(15)6-4-10)12-9(2)23(22-19-12)14-13(16)20-24-21-14/h3-7H,1-2H3,(H2,16,20)/b17-7-,18-8-. The molecular formula is C14H13FN8O. The number of halogens is 1. The van der Waals surface area contributed by atoms with Crippen molar-refractivity contribution in [3.8, 4) is 5.82 Å². The fraction of sp³-hybridized carbons (Fsp3) is 0.143. The van der Waals surface area contributed by atoms with Crippen molar-refractivity contribution in [2.75, 3.05) is 5.73 Å². The SMILES string of the molecule is C/C(=N/N=C\c1ccc(F)cc1)c1nnn(-c2nonc2N)c1C. The number of anilines is 1. The number of aromatic nitrogens is 5. The molecule has 0 bridgehead atoms. The highest BCUT2D eigenvalue weighted by atomic mass is 19.1. The van der Waals surface area contributed by atoms with Crippen LogP contribution >= 0.6 is 0 Å². The molecule has 122 valence electrons. The van der Waals surface area contributed by atoms with Crippen LogP contribution in [0.25, 0.3) is 5.82 Å². The number of benzene rings is 1. The number of hydrogen-bond donors (Lipinski definition) is 1. The van der Waals surface area contributed by atoms with Crippen molar-refractivity contribution in [3.05, 3.63) is 47.0 Å². The molecule has 0 fully saturated rings. The second-order valence-electron chi connectivity index (χ2n) is 4.89. The van der Waals surface area contributed by atoms with E-state index in [9.17, 15) is 4.39 Å². The second kappa shape index (κ2) is 6.36. The van der Waals surface area contributed by atoms with Crippen LogP contribution in [0.5, 0.6) is 0 Å². The molecule has 0 aliphatic rings. The van der Waals surface area contributed by atoms with Crippen molar-refractivity contribution in [1.82, 2.24) is 25.3 Å². The van der Waals surface area contributed by atoms with E-state index in [-0.39, 0.29) is 17.5 Å². The zero-order valence-corrected chi connectivity index (χ0v) is 12.9. The molecule has 24 heavy (non-hydrogen) atoms. The van der Waals surface area contributed by atoms with Gasteiger partial charge in [-0.3, -0.25) is 0 Å². The molecule has 0 saturated heterocycles. The fourth-order valence-electron chi connectivity index (χ4n) is 1.98. The molecule has 10 heteroatoms. The molecule has 0 unspecified atom stereocenters. The van der Waals surface area contributed by atoms with Crippen LogP contribution < -0.4 is 5.73 Å². The van der Waals surface area contributed by atoms with Crippen molar-refractivity contribution >= 4 is 17.7 Å². The summed E-state index contributed by atoms with van der Waals surface area (Å²) in [5.74, 6) is 0.0630. The minimum absolute atomic E-state index is 0.110. The number of nitrogens with zero attached hydrogens (tertiary/aromatic N) is 7. The van der Waals surface area contributed by atoms with Crippen LogP contribution in [0.3, 0.4) is 0 Å². The van der Waals surface area contributed by atoms with Crippen LogP contribution in [0.2, 0.25) is 0 Å². The normalized spacial score (nSPS) is 12.2. The predicted molar refractivity (Wildman–Crippen MR) is 84.6 cm³/mol. The molecule has 0 atom stereocenters. The zero-order valence-electron chi connectivity index (χ0n) is 12.9. The quantitative estimate of drug-likeness (QED) is 0.572. The maximum atomic E-state index is 12.8. The summed E-state index contributed by atoms with van der Waals surface area (Å²) in [6, 6.07) is 5.91. The van der Waals surface area contributed by atoms with Crippen LogP contribution in [-0.4, -0.2) is 37.2 Å². The summed E-state index contributed by atoms with van der Waals surface area (Å²) in [5, 5.41) is 23.2. The molecule has 3 rings (SSSR count). The van der Waals surface area contributed by atoms with E-state index in [2.05, 4.69) is 35.5 Å². The van der Waals surface area contributed by atoms with Gasteiger partial charge in [0.25, 0.3) is 0 Å². The molecule has 9 nitrogen and oxygen atoms in total. The molecule has 2 N–H and O–H groups in total. The largest absolute Gasteiger partial charge is 0.378 e. The van der Waals surface area contributed by atoms with Crippen molar-refractivity contribution in [2.24, 2.45) is 10.2 Å². The number of rotatable bonds is 4. The van der Waals surface area contributed by atoms with Gasteiger partial charge >= 0.3 is 0 Å². The van der Waals surface area contributed by atoms with E-state index in [4.69, 9.17) is 5.73 Å². The van der Waals surface area contributed by atoms with Gasteiger partial charge in [0.1, 0.15) is 11.5 Å². The minimum atomic E-state index is -0.305. The first-order valence-corrected chi connectivity index (χ1v) is 6.90. The smallest absolute Gasteiger partial charge is 0.243 e. The third-order valence-corrected chi connectivity index (χ3v) is 3.22. The van der Waals surface area contributed by atoms with Gasteiger partial charge in [0, 0.05) is 0 Å². The predicted octanol–water partition coefficient (Wildman–Crippen LogP) is 1.52. The van der Waals surface area contributed by atoms with Gasteiger partial charge in [-0.2, -0.15) is 14.9 Å². The Balaban J connectivity index is 1.82. The van der Waals surface area contributed by atoms with Crippen LogP contribution in [0.1, 0.15) is 23.9 Å². The van der Waals surface area contributed by atoms with Crippen molar-refractivity contribution in [3.63, 3.8) is 0 Å². The van der Waals surface area contributed by atoms with Crippen molar-refractivity contribution < 1.29 is 9.02 Å². The molecule has 3 aromatic rings. The molecule has 0 aliphatic heterocycles. The van der Waals surface area contributed by atoms with Gasteiger partial charge in [0.15, 0.2) is 0 Å². The molecule has 0 aliphatic carbocycles. The van der Waals surface area contributed by atoms with Gasteiger partial charge in [-0.05, 0) is 41.9 Å². The lowest BCUT2D eigenvalue weighted by atomic mass is 10.2. The summed E-state index contributed by atoms with van der Waals surface area (Å²) in [5.41, 5.74) is 8.12. The molecule has 2 aromatic heterocycles. The minimum Gasteiger partial charge on any atom is -0.378 e. The van der Waals surface area contributed by atoms with Gasteiger partial charge in [-0.1, -0.05) is 17.3 Å². The summed E-state index contributed by atoms with van der Waals surface area (Å²) in [7, 11) is 0. The Kier molecular flexibility index (Phi) is 4.10. The molecule has 0 saturated carbocycles. The summed E-state index contributed by atoms with van der Waals surface area (Å²) in [6.45, 7) is 3.53. The number of nitrogen functional groups attached to an aromatic ring is 1. The average Bonchev–Trinajstić information content (AvgIpc) is 3.14. The van der Waals surface area contributed by atoms with E-state index in [1.807, 2.05) is 0 Å². The van der Waals surface area contributed by atoms with Gasteiger partial charge in [0.05, 0.1) is 17.6 Å². The lowest BCUT2D eigenvalue weighted by Gasteiger charge is -1.98. The Morgan fingerprint density at radius 3 is 2.71 bits per heavy atom. The van der Waals surface area contributed by atoms with E-state index < -0.39 is 0 Å². The first-order valence-electron chi connectivity index (χ1n) is 6.90. The summed E-state index contributed by atoms with van der Waals surface area (Å²) in [4.78, 5) is 0. The van der Waals surface area contributed by atoms with Crippen LogP contribution in [-0.2, 0) is 0 Å². The lowest BCUT2D eigenvalue weighted by molar-refractivity contribution is 0.306.